The molecule has 1 fully saturated rings. The van der Waals surface area contributed by atoms with E-state index in [9.17, 15) is 5.11 Å². The van der Waals surface area contributed by atoms with Crippen LogP contribution >= 0.6 is 0 Å². The topological polar surface area (TPSA) is 23.1 Å². The summed E-state index contributed by atoms with van der Waals surface area (Å²) in [5.41, 5.74) is 0. The maximum atomic E-state index is 11.5. The first kappa shape index (κ1) is 12.6. The summed E-state index contributed by atoms with van der Waals surface area (Å²) in [7, 11) is 0. The van der Waals surface area contributed by atoms with Crippen molar-refractivity contribution in [3.63, 3.8) is 0 Å². The Morgan fingerprint density at radius 2 is 1.83 bits per heavy atom. The van der Waals surface area contributed by atoms with Gasteiger partial charge in [-0.3, -0.25) is 0 Å². The van der Waals surface area contributed by atoms with Crippen molar-refractivity contribution >= 4 is 0 Å². The van der Waals surface area contributed by atoms with Crippen molar-refractivity contribution in [3.05, 3.63) is 0 Å². The standard InChI is InChI=1S/C10H19O.Li/c1-7(2)9-5-4-8(3)6-10(9)11;/h7-10H,4-6H2,1-3H3;/q-1;+1. The molecule has 0 spiro atoms. The molecule has 1 nitrogen and oxygen atoms in total. The van der Waals surface area contributed by atoms with Crippen LogP contribution in [0.2, 0.25) is 0 Å². The molecule has 2 heteroatoms. The van der Waals surface area contributed by atoms with E-state index < -0.39 is 0 Å². The molecule has 0 aromatic rings. The van der Waals surface area contributed by atoms with Crippen molar-refractivity contribution in [2.45, 2.75) is 46.1 Å². The van der Waals surface area contributed by atoms with Gasteiger partial charge in [0.1, 0.15) is 0 Å². The van der Waals surface area contributed by atoms with Gasteiger partial charge in [-0.2, -0.15) is 0 Å². The fourth-order valence-electron chi connectivity index (χ4n) is 2.11. The Morgan fingerprint density at radius 3 is 2.25 bits per heavy atom. The molecule has 0 saturated heterocycles. The van der Waals surface area contributed by atoms with Gasteiger partial charge in [0, 0.05) is 0 Å². The van der Waals surface area contributed by atoms with Crippen LogP contribution in [0.1, 0.15) is 40.0 Å². The van der Waals surface area contributed by atoms with Gasteiger partial charge in [-0.25, -0.2) is 0 Å². The van der Waals surface area contributed by atoms with Gasteiger partial charge in [0.15, 0.2) is 0 Å². The Morgan fingerprint density at radius 1 is 1.25 bits per heavy atom. The molecule has 3 unspecified atom stereocenters. The van der Waals surface area contributed by atoms with Crippen molar-refractivity contribution in [1.82, 2.24) is 0 Å². The second-order valence-electron chi connectivity index (χ2n) is 4.36. The van der Waals surface area contributed by atoms with E-state index in [-0.39, 0.29) is 25.0 Å². The van der Waals surface area contributed by atoms with Crippen LogP contribution in [0.3, 0.4) is 0 Å². The SMILES string of the molecule is CC1CCC(C(C)C)C([O-])C1.[Li+]. The second kappa shape index (κ2) is 5.32. The molecule has 0 aliphatic heterocycles. The fourth-order valence-corrected chi connectivity index (χ4v) is 2.11. The molecule has 0 heterocycles. The van der Waals surface area contributed by atoms with Gasteiger partial charge >= 0.3 is 18.9 Å². The van der Waals surface area contributed by atoms with Gasteiger partial charge in [-0.1, -0.05) is 46.0 Å². The molecule has 0 radical (unpaired) electrons. The smallest absolute Gasteiger partial charge is 0.852 e. The Balaban J connectivity index is 0.00000121. The van der Waals surface area contributed by atoms with E-state index in [2.05, 4.69) is 20.8 Å². The van der Waals surface area contributed by atoms with Gasteiger partial charge in [0.25, 0.3) is 0 Å². The van der Waals surface area contributed by atoms with Gasteiger partial charge in [0.2, 0.25) is 0 Å². The van der Waals surface area contributed by atoms with E-state index in [1.54, 1.807) is 0 Å². The average molecular weight is 162 g/mol. The third-order valence-corrected chi connectivity index (χ3v) is 2.96. The van der Waals surface area contributed by atoms with E-state index in [1.165, 1.54) is 6.42 Å². The molecule has 12 heavy (non-hydrogen) atoms. The summed E-state index contributed by atoms with van der Waals surface area (Å²) in [6.07, 6.45) is 3.05. The molecule has 0 N–H and O–H groups in total. The van der Waals surface area contributed by atoms with Gasteiger partial charge in [-0.15, -0.1) is 6.10 Å². The fraction of sp³-hybridized carbons (Fsp3) is 1.00. The maximum absolute atomic E-state index is 11.5. The van der Waals surface area contributed by atoms with E-state index >= 15 is 0 Å². The van der Waals surface area contributed by atoms with Crippen LogP contribution in [0.15, 0.2) is 0 Å². The van der Waals surface area contributed by atoms with E-state index in [0.29, 0.717) is 17.8 Å². The first-order valence-corrected chi connectivity index (χ1v) is 4.77. The summed E-state index contributed by atoms with van der Waals surface area (Å²) in [6.45, 7) is 6.54. The second-order valence-corrected chi connectivity index (χ2v) is 4.36. The third kappa shape index (κ3) is 3.13. The largest absolute Gasteiger partial charge is 1.00 e. The summed E-state index contributed by atoms with van der Waals surface area (Å²) in [4.78, 5) is 0. The number of hydrogen-bond acceptors (Lipinski definition) is 1. The normalized spacial score (nSPS) is 36.2. The predicted octanol–water partition coefficient (Wildman–Crippen LogP) is -1.19. The van der Waals surface area contributed by atoms with Crippen LogP contribution in [-0.2, 0) is 0 Å². The van der Waals surface area contributed by atoms with Crippen molar-refractivity contribution < 1.29 is 24.0 Å². The summed E-state index contributed by atoms with van der Waals surface area (Å²) in [6, 6.07) is 0. The first-order chi connectivity index (χ1) is 5.11. The molecule has 0 aromatic carbocycles. The molecule has 66 valence electrons. The van der Waals surface area contributed by atoms with Gasteiger partial charge in [-0.05, 0) is 11.8 Å². The Hall–Kier alpha value is 0.557. The summed E-state index contributed by atoms with van der Waals surface area (Å²) < 4.78 is 0. The zero-order chi connectivity index (χ0) is 8.43. The molecule has 3 atom stereocenters. The van der Waals surface area contributed by atoms with Crippen LogP contribution in [-0.4, -0.2) is 6.10 Å². The minimum atomic E-state index is -0.279. The average Bonchev–Trinajstić information content (AvgIpc) is 1.85. The van der Waals surface area contributed by atoms with Crippen LogP contribution in [0.4, 0.5) is 0 Å². The quantitative estimate of drug-likeness (QED) is 0.445. The van der Waals surface area contributed by atoms with Crippen molar-refractivity contribution in [2.24, 2.45) is 17.8 Å². The molecule has 1 rings (SSSR count). The Kier molecular flexibility index (Phi) is 5.57. The zero-order valence-corrected chi connectivity index (χ0v) is 8.84. The third-order valence-electron chi connectivity index (χ3n) is 2.96. The molecule has 0 bridgehead atoms. The van der Waals surface area contributed by atoms with Crippen LogP contribution < -0.4 is 24.0 Å². The molecule has 0 aromatic heterocycles. The monoisotopic (exact) mass is 162 g/mol. The Labute approximate surface area is 88.1 Å². The zero-order valence-electron chi connectivity index (χ0n) is 8.84. The summed E-state index contributed by atoms with van der Waals surface area (Å²) >= 11 is 0. The van der Waals surface area contributed by atoms with E-state index in [1.807, 2.05) is 0 Å². The summed E-state index contributed by atoms with van der Waals surface area (Å²) in [5.74, 6) is 1.71. The van der Waals surface area contributed by atoms with Gasteiger partial charge < -0.3 is 5.11 Å². The molecule has 1 saturated carbocycles. The molecule has 0 amide bonds. The van der Waals surface area contributed by atoms with Gasteiger partial charge in [0.05, 0.1) is 0 Å². The van der Waals surface area contributed by atoms with Crippen molar-refractivity contribution in [1.29, 1.82) is 0 Å². The van der Waals surface area contributed by atoms with Crippen LogP contribution in [0, 0.1) is 17.8 Å². The number of hydrogen-bond donors (Lipinski definition) is 0. The van der Waals surface area contributed by atoms with Crippen LogP contribution in [0.25, 0.3) is 0 Å². The van der Waals surface area contributed by atoms with E-state index in [0.717, 1.165) is 12.8 Å². The minimum absolute atomic E-state index is 0. The van der Waals surface area contributed by atoms with Crippen molar-refractivity contribution in [3.8, 4) is 0 Å². The Bertz CT molecular complexity index is 125. The van der Waals surface area contributed by atoms with Crippen molar-refractivity contribution in [2.75, 3.05) is 0 Å². The molecular weight excluding hydrogens is 143 g/mol. The minimum Gasteiger partial charge on any atom is -0.852 e. The predicted molar refractivity (Wildman–Crippen MR) is 45.1 cm³/mol. The number of rotatable bonds is 1. The molecule has 1 aliphatic carbocycles. The molecular formula is C10H19LiO. The summed E-state index contributed by atoms with van der Waals surface area (Å²) in [5, 5.41) is 11.5. The maximum Gasteiger partial charge on any atom is 1.00 e. The molecule has 1 aliphatic rings. The van der Waals surface area contributed by atoms with E-state index in [4.69, 9.17) is 0 Å². The first-order valence-electron chi connectivity index (χ1n) is 4.77. The van der Waals surface area contributed by atoms with Crippen LogP contribution in [0.5, 0.6) is 0 Å².